The summed E-state index contributed by atoms with van der Waals surface area (Å²) in [5.41, 5.74) is 1.30. The fraction of sp³-hybridized carbons (Fsp3) is 0.417. The van der Waals surface area contributed by atoms with Gasteiger partial charge in [0, 0.05) is 22.7 Å². The van der Waals surface area contributed by atoms with E-state index in [1.54, 1.807) is 6.07 Å². The van der Waals surface area contributed by atoms with Gasteiger partial charge in [-0.3, -0.25) is 0 Å². The van der Waals surface area contributed by atoms with E-state index in [9.17, 15) is 4.79 Å². The van der Waals surface area contributed by atoms with E-state index in [2.05, 4.69) is 27.5 Å². The zero-order valence-electron chi connectivity index (χ0n) is 9.57. The van der Waals surface area contributed by atoms with Gasteiger partial charge in [0.25, 0.3) is 0 Å². The average molecular weight is 347 g/mol. The molecule has 1 N–H and O–H groups in total. The summed E-state index contributed by atoms with van der Waals surface area (Å²) in [6.45, 7) is 2.07. The van der Waals surface area contributed by atoms with Crippen LogP contribution in [0.25, 0.3) is 0 Å². The van der Waals surface area contributed by atoms with Crippen LogP contribution in [0.3, 0.4) is 0 Å². The fourth-order valence-electron chi connectivity index (χ4n) is 2.08. The third kappa shape index (κ3) is 2.48. The van der Waals surface area contributed by atoms with Crippen LogP contribution in [0.2, 0.25) is 0 Å². The Morgan fingerprint density at radius 1 is 1.41 bits per heavy atom. The van der Waals surface area contributed by atoms with E-state index >= 15 is 0 Å². The Morgan fingerprint density at radius 2 is 2.06 bits per heavy atom. The van der Waals surface area contributed by atoms with Crippen LogP contribution in [0.4, 0.5) is 5.69 Å². The lowest BCUT2D eigenvalue weighted by Gasteiger charge is -2.20. The van der Waals surface area contributed by atoms with Crippen molar-refractivity contribution in [2.24, 2.45) is 0 Å². The van der Waals surface area contributed by atoms with E-state index in [0.717, 1.165) is 22.3 Å². The molecule has 1 heterocycles. The lowest BCUT2D eigenvalue weighted by atomic mass is 10.1. The van der Waals surface area contributed by atoms with Gasteiger partial charge in [-0.2, -0.15) is 0 Å². The number of hydrogen-bond acceptors (Lipinski definition) is 3. The number of carbonyl (C=O) groups is 1. The molecule has 5 heteroatoms. The maximum atomic E-state index is 11.1. The van der Waals surface area contributed by atoms with Gasteiger partial charge in [-0.15, -0.1) is 0 Å². The summed E-state index contributed by atoms with van der Waals surface area (Å²) in [6, 6.07) is 3.51. The van der Waals surface area contributed by atoms with E-state index in [-0.39, 0.29) is 5.56 Å². The highest BCUT2D eigenvalue weighted by molar-refractivity contribution is 14.1. The molecule has 0 spiro atoms. The zero-order valence-corrected chi connectivity index (χ0v) is 11.7. The first-order chi connectivity index (χ1) is 8.13. The van der Waals surface area contributed by atoms with Gasteiger partial charge in [0.15, 0.2) is 0 Å². The standard InChI is InChI=1S/C12H14INO3/c1-17-11-7-10(14-4-2-3-5-14)9(13)6-8(11)12(15)16/h6-7H,2-5H2,1H3,(H,15,16). The maximum absolute atomic E-state index is 11.1. The first-order valence-corrected chi connectivity index (χ1v) is 6.57. The highest BCUT2D eigenvalue weighted by atomic mass is 127. The van der Waals surface area contributed by atoms with Crippen molar-refractivity contribution in [2.45, 2.75) is 12.8 Å². The van der Waals surface area contributed by atoms with Crippen molar-refractivity contribution in [1.82, 2.24) is 0 Å². The molecule has 1 aromatic carbocycles. The van der Waals surface area contributed by atoms with Crippen LogP contribution in [0, 0.1) is 3.57 Å². The van der Waals surface area contributed by atoms with Gasteiger partial charge >= 0.3 is 5.97 Å². The van der Waals surface area contributed by atoms with Crippen molar-refractivity contribution in [3.63, 3.8) is 0 Å². The summed E-state index contributed by atoms with van der Waals surface area (Å²) in [7, 11) is 1.50. The number of nitrogens with zero attached hydrogens (tertiary/aromatic N) is 1. The molecule has 1 fully saturated rings. The van der Waals surface area contributed by atoms with Crippen molar-refractivity contribution in [3.8, 4) is 5.75 Å². The smallest absolute Gasteiger partial charge is 0.339 e. The van der Waals surface area contributed by atoms with Crippen molar-refractivity contribution in [2.75, 3.05) is 25.1 Å². The van der Waals surface area contributed by atoms with Crippen molar-refractivity contribution in [1.29, 1.82) is 0 Å². The minimum atomic E-state index is -0.951. The van der Waals surface area contributed by atoms with Gasteiger partial charge in [-0.05, 0) is 41.5 Å². The Labute approximate surface area is 114 Å². The van der Waals surface area contributed by atoms with Gasteiger partial charge in [0.2, 0.25) is 0 Å². The third-order valence-electron chi connectivity index (χ3n) is 2.95. The molecule has 0 amide bonds. The summed E-state index contributed by atoms with van der Waals surface area (Å²) in [5.74, 6) is -0.521. The second kappa shape index (κ2) is 5.12. The van der Waals surface area contributed by atoms with Crippen LogP contribution >= 0.6 is 22.6 Å². The molecular formula is C12H14INO3. The van der Waals surface area contributed by atoms with Crippen molar-refractivity contribution >= 4 is 34.2 Å². The summed E-state index contributed by atoms with van der Waals surface area (Å²) in [6.07, 6.45) is 2.39. The van der Waals surface area contributed by atoms with Crippen LogP contribution in [0.5, 0.6) is 5.75 Å². The van der Waals surface area contributed by atoms with Crippen LogP contribution in [0.1, 0.15) is 23.2 Å². The lowest BCUT2D eigenvalue weighted by molar-refractivity contribution is 0.0693. The number of anilines is 1. The summed E-state index contributed by atoms with van der Waals surface area (Å²) in [4.78, 5) is 13.3. The predicted molar refractivity (Wildman–Crippen MR) is 74.1 cm³/mol. The summed E-state index contributed by atoms with van der Waals surface area (Å²) < 4.78 is 6.11. The first kappa shape index (κ1) is 12.5. The minimum Gasteiger partial charge on any atom is -0.496 e. The fourth-order valence-corrected chi connectivity index (χ4v) is 2.89. The maximum Gasteiger partial charge on any atom is 0.339 e. The molecule has 92 valence electrons. The molecule has 4 nitrogen and oxygen atoms in total. The Hall–Kier alpha value is -0.980. The molecule has 0 aliphatic carbocycles. The topological polar surface area (TPSA) is 49.8 Å². The Balaban J connectivity index is 2.44. The molecule has 0 radical (unpaired) electrons. The SMILES string of the molecule is COc1cc(N2CCCC2)c(I)cc1C(=O)O. The molecule has 1 aliphatic heterocycles. The number of benzene rings is 1. The molecule has 0 saturated carbocycles. The average Bonchev–Trinajstić information content (AvgIpc) is 2.82. The molecule has 0 atom stereocenters. The number of aromatic carboxylic acids is 1. The molecular weight excluding hydrogens is 333 g/mol. The monoisotopic (exact) mass is 347 g/mol. The number of ether oxygens (including phenoxy) is 1. The van der Waals surface area contributed by atoms with Crippen LogP contribution < -0.4 is 9.64 Å². The largest absolute Gasteiger partial charge is 0.496 e. The van der Waals surface area contributed by atoms with E-state index in [1.807, 2.05) is 6.07 Å². The quantitative estimate of drug-likeness (QED) is 0.854. The van der Waals surface area contributed by atoms with Crippen LogP contribution in [0.15, 0.2) is 12.1 Å². The van der Waals surface area contributed by atoms with E-state index in [1.165, 1.54) is 20.0 Å². The third-order valence-corrected chi connectivity index (χ3v) is 3.81. The molecule has 1 aliphatic rings. The van der Waals surface area contributed by atoms with E-state index in [4.69, 9.17) is 9.84 Å². The lowest BCUT2D eigenvalue weighted by Crippen LogP contribution is -2.19. The molecule has 1 saturated heterocycles. The summed E-state index contributed by atoms with van der Waals surface area (Å²) in [5, 5.41) is 9.08. The highest BCUT2D eigenvalue weighted by Crippen LogP contribution is 2.32. The minimum absolute atomic E-state index is 0.222. The van der Waals surface area contributed by atoms with Gasteiger partial charge < -0.3 is 14.7 Å². The van der Waals surface area contributed by atoms with E-state index < -0.39 is 5.97 Å². The van der Waals surface area contributed by atoms with Crippen LogP contribution in [-0.2, 0) is 0 Å². The Kier molecular flexibility index (Phi) is 3.76. The number of methoxy groups -OCH3 is 1. The number of carboxylic acid groups (broad SMARTS) is 1. The predicted octanol–water partition coefficient (Wildman–Crippen LogP) is 2.60. The number of halogens is 1. The number of carboxylic acids is 1. The zero-order chi connectivity index (χ0) is 12.4. The highest BCUT2D eigenvalue weighted by Gasteiger charge is 2.20. The van der Waals surface area contributed by atoms with Crippen LogP contribution in [-0.4, -0.2) is 31.3 Å². The molecule has 2 rings (SSSR count). The van der Waals surface area contributed by atoms with Crippen molar-refractivity contribution < 1.29 is 14.6 Å². The van der Waals surface area contributed by atoms with Gasteiger partial charge in [0.1, 0.15) is 11.3 Å². The second-order valence-electron chi connectivity index (χ2n) is 4.00. The van der Waals surface area contributed by atoms with Gasteiger partial charge in [-0.25, -0.2) is 4.79 Å². The normalized spacial score (nSPS) is 15.1. The second-order valence-corrected chi connectivity index (χ2v) is 5.17. The molecule has 0 unspecified atom stereocenters. The number of rotatable bonds is 3. The molecule has 0 aromatic heterocycles. The Bertz CT molecular complexity index is 442. The Morgan fingerprint density at radius 3 is 2.59 bits per heavy atom. The van der Waals surface area contributed by atoms with Crippen molar-refractivity contribution in [3.05, 3.63) is 21.3 Å². The molecule has 1 aromatic rings. The first-order valence-electron chi connectivity index (χ1n) is 5.49. The summed E-state index contributed by atoms with van der Waals surface area (Å²) >= 11 is 2.18. The van der Waals surface area contributed by atoms with Gasteiger partial charge in [-0.1, -0.05) is 0 Å². The molecule has 17 heavy (non-hydrogen) atoms. The van der Waals surface area contributed by atoms with Gasteiger partial charge in [0.05, 0.1) is 12.8 Å². The number of hydrogen-bond donors (Lipinski definition) is 1. The van der Waals surface area contributed by atoms with E-state index in [0.29, 0.717) is 5.75 Å². The molecule has 0 bridgehead atoms.